The topological polar surface area (TPSA) is 70.7 Å². The van der Waals surface area contributed by atoms with Gasteiger partial charge in [0.2, 0.25) is 5.91 Å². The summed E-state index contributed by atoms with van der Waals surface area (Å²) in [4.78, 5) is 12.3. The maximum atomic E-state index is 12.3. The zero-order chi connectivity index (χ0) is 14.3. The second-order valence-electron chi connectivity index (χ2n) is 4.86. The Kier molecular flexibility index (Phi) is 5.56. The highest BCUT2D eigenvalue weighted by atomic mass is 16.2. The summed E-state index contributed by atoms with van der Waals surface area (Å²) < 4.78 is 1.69. The van der Waals surface area contributed by atoms with E-state index in [2.05, 4.69) is 16.5 Å². The molecule has 0 saturated heterocycles. The third-order valence-electron chi connectivity index (χ3n) is 3.20. The summed E-state index contributed by atoms with van der Waals surface area (Å²) in [7, 11) is 1.83. The predicted octanol–water partition coefficient (Wildman–Crippen LogP) is 2.15. The van der Waals surface area contributed by atoms with Crippen molar-refractivity contribution in [1.82, 2.24) is 15.1 Å². The number of aromatic nitrogens is 2. The molecule has 0 unspecified atom stereocenters. The van der Waals surface area contributed by atoms with E-state index in [9.17, 15) is 10.1 Å². The van der Waals surface area contributed by atoms with Gasteiger partial charge in [0.1, 0.15) is 5.41 Å². The maximum Gasteiger partial charge on any atom is 0.240 e. The molecule has 0 aromatic carbocycles. The molecule has 5 heteroatoms. The highest BCUT2D eigenvalue weighted by molar-refractivity contribution is 5.85. The number of hydrogen-bond donors (Lipinski definition) is 1. The van der Waals surface area contributed by atoms with E-state index in [0.29, 0.717) is 19.4 Å². The standard InChI is InChI=1S/C14H22N4O/c1-4-7-14(11-15,8-5-2)13(19)16-10-12-6-9-18(3)17-12/h6,9H,4-5,7-8,10H2,1-3H3,(H,16,19). The van der Waals surface area contributed by atoms with Crippen LogP contribution in [0, 0.1) is 16.7 Å². The Morgan fingerprint density at radius 3 is 2.53 bits per heavy atom. The van der Waals surface area contributed by atoms with Crippen LogP contribution in [0.1, 0.15) is 45.2 Å². The fourth-order valence-electron chi connectivity index (χ4n) is 2.27. The Hall–Kier alpha value is -1.83. The zero-order valence-electron chi connectivity index (χ0n) is 11.9. The zero-order valence-corrected chi connectivity index (χ0v) is 11.9. The van der Waals surface area contributed by atoms with Gasteiger partial charge in [0.15, 0.2) is 0 Å². The molecule has 104 valence electrons. The van der Waals surface area contributed by atoms with E-state index >= 15 is 0 Å². The monoisotopic (exact) mass is 262 g/mol. The minimum atomic E-state index is -0.891. The minimum absolute atomic E-state index is 0.177. The molecule has 1 amide bonds. The quantitative estimate of drug-likeness (QED) is 0.818. The van der Waals surface area contributed by atoms with E-state index < -0.39 is 5.41 Å². The molecular formula is C14H22N4O. The Morgan fingerprint density at radius 2 is 2.11 bits per heavy atom. The van der Waals surface area contributed by atoms with Crippen LogP contribution in [-0.4, -0.2) is 15.7 Å². The number of nitrogens with one attached hydrogen (secondary N) is 1. The SMILES string of the molecule is CCCC(C#N)(CCC)C(=O)NCc1ccn(C)n1. The van der Waals surface area contributed by atoms with Gasteiger partial charge in [0, 0.05) is 13.2 Å². The Bertz CT molecular complexity index is 452. The van der Waals surface area contributed by atoms with Crippen LogP contribution in [0.25, 0.3) is 0 Å². The Morgan fingerprint density at radius 1 is 1.47 bits per heavy atom. The van der Waals surface area contributed by atoms with E-state index in [0.717, 1.165) is 18.5 Å². The predicted molar refractivity (Wildman–Crippen MR) is 72.9 cm³/mol. The average molecular weight is 262 g/mol. The number of aryl methyl sites for hydroxylation is 1. The van der Waals surface area contributed by atoms with Crippen molar-refractivity contribution in [3.05, 3.63) is 18.0 Å². The molecule has 19 heavy (non-hydrogen) atoms. The molecule has 0 bridgehead atoms. The number of carbonyl (C=O) groups is 1. The molecule has 1 N–H and O–H groups in total. The molecular weight excluding hydrogens is 240 g/mol. The van der Waals surface area contributed by atoms with Crippen molar-refractivity contribution in [2.24, 2.45) is 12.5 Å². The van der Waals surface area contributed by atoms with Gasteiger partial charge in [-0.25, -0.2) is 0 Å². The van der Waals surface area contributed by atoms with E-state index in [4.69, 9.17) is 0 Å². The molecule has 0 aliphatic carbocycles. The van der Waals surface area contributed by atoms with Gasteiger partial charge in [0.25, 0.3) is 0 Å². The van der Waals surface area contributed by atoms with E-state index in [1.165, 1.54) is 0 Å². The molecule has 0 fully saturated rings. The number of rotatable bonds is 7. The van der Waals surface area contributed by atoms with Crippen LogP contribution in [0.15, 0.2) is 12.3 Å². The van der Waals surface area contributed by atoms with Crippen LogP contribution in [0.4, 0.5) is 0 Å². The summed E-state index contributed by atoms with van der Waals surface area (Å²) in [5.41, 5.74) is -0.0890. The third kappa shape index (κ3) is 3.82. The van der Waals surface area contributed by atoms with Gasteiger partial charge >= 0.3 is 0 Å². The van der Waals surface area contributed by atoms with Gasteiger partial charge in [-0.3, -0.25) is 9.48 Å². The number of carbonyl (C=O) groups excluding carboxylic acids is 1. The fourth-order valence-corrected chi connectivity index (χ4v) is 2.27. The van der Waals surface area contributed by atoms with Crippen LogP contribution in [0.3, 0.4) is 0 Å². The molecule has 0 aliphatic heterocycles. The molecule has 5 nitrogen and oxygen atoms in total. The third-order valence-corrected chi connectivity index (χ3v) is 3.20. The molecule has 0 aliphatic rings. The van der Waals surface area contributed by atoms with E-state index in [1.807, 2.05) is 33.2 Å². The number of nitriles is 1. The lowest BCUT2D eigenvalue weighted by atomic mass is 9.80. The second kappa shape index (κ2) is 6.93. The van der Waals surface area contributed by atoms with Crippen molar-refractivity contribution in [1.29, 1.82) is 5.26 Å². The summed E-state index contributed by atoms with van der Waals surface area (Å²) in [5, 5.41) is 16.4. The van der Waals surface area contributed by atoms with Gasteiger partial charge in [-0.2, -0.15) is 10.4 Å². The Balaban J connectivity index is 2.69. The summed E-state index contributed by atoms with van der Waals surface area (Å²) in [6.45, 7) is 4.36. The van der Waals surface area contributed by atoms with Crippen molar-refractivity contribution in [3.8, 4) is 6.07 Å². The normalized spacial score (nSPS) is 11.1. The lowest BCUT2D eigenvalue weighted by Gasteiger charge is -2.24. The highest BCUT2D eigenvalue weighted by Gasteiger charge is 2.36. The van der Waals surface area contributed by atoms with Crippen LogP contribution in [-0.2, 0) is 18.4 Å². The van der Waals surface area contributed by atoms with Crippen molar-refractivity contribution in [3.63, 3.8) is 0 Å². The van der Waals surface area contributed by atoms with Crippen LogP contribution in [0.2, 0.25) is 0 Å². The minimum Gasteiger partial charge on any atom is -0.349 e. The first-order valence-electron chi connectivity index (χ1n) is 6.76. The van der Waals surface area contributed by atoms with Gasteiger partial charge in [0.05, 0.1) is 18.3 Å². The number of nitrogens with zero attached hydrogens (tertiary/aromatic N) is 3. The van der Waals surface area contributed by atoms with Crippen molar-refractivity contribution in [2.45, 2.75) is 46.1 Å². The highest BCUT2D eigenvalue weighted by Crippen LogP contribution is 2.29. The summed E-state index contributed by atoms with van der Waals surface area (Å²) in [5.74, 6) is -0.177. The van der Waals surface area contributed by atoms with Crippen LogP contribution >= 0.6 is 0 Å². The number of amides is 1. The summed E-state index contributed by atoms with van der Waals surface area (Å²) in [6, 6.07) is 4.08. The molecule has 0 saturated carbocycles. The van der Waals surface area contributed by atoms with Gasteiger partial charge < -0.3 is 5.32 Å². The van der Waals surface area contributed by atoms with Crippen molar-refractivity contribution < 1.29 is 4.79 Å². The first-order valence-corrected chi connectivity index (χ1v) is 6.76. The van der Waals surface area contributed by atoms with E-state index in [1.54, 1.807) is 4.68 Å². The van der Waals surface area contributed by atoms with Gasteiger partial charge in [-0.05, 0) is 18.9 Å². The Labute approximate surface area is 114 Å². The molecule has 1 aromatic rings. The number of hydrogen-bond acceptors (Lipinski definition) is 3. The molecule has 0 atom stereocenters. The molecule has 1 heterocycles. The van der Waals surface area contributed by atoms with Crippen LogP contribution in [0.5, 0.6) is 0 Å². The van der Waals surface area contributed by atoms with Crippen LogP contribution < -0.4 is 5.32 Å². The van der Waals surface area contributed by atoms with Gasteiger partial charge in [-0.1, -0.05) is 26.7 Å². The lowest BCUT2D eigenvalue weighted by molar-refractivity contribution is -0.129. The fraction of sp³-hybridized carbons (Fsp3) is 0.643. The van der Waals surface area contributed by atoms with E-state index in [-0.39, 0.29) is 5.91 Å². The summed E-state index contributed by atoms with van der Waals surface area (Å²) >= 11 is 0. The molecule has 1 aromatic heterocycles. The van der Waals surface area contributed by atoms with Gasteiger partial charge in [-0.15, -0.1) is 0 Å². The smallest absolute Gasteiger partial charge is 0.240 e. The molecule has 0 radical (unpaired) electrons. The van der Waals surface area contributed by atoms with Crippen molar-refractivity contribution in [2.75, 3.05) is 0 Å². The van der Waals surface area contributed by atoms with Crippen molar-refractivity contribution >= 4 is 5.91 Å². The summed E-state index contributed by atoms with van der Waals surface area (Å²) in [6.07, 6.45) is 4.68. The largest absolute Gasteiger partial charge is 0.349 e. The molecule has 1 rings (SSSR count). The maximum absolute atomic E-state index is 12.3. The average Bonchev–Trinajstić information content (AvgIpc) is 2.81. The first kappa shape index (κ1) is 15.2. The molecule has 0 spiro atoms. The lowest BCUT2D eigenvalue weighted by Crippen LogP contribution is -2.39. The first-order chi connectivity index (χ1) is 9.07. The second-order valence-corrected chi connectivity index (χ2v) is 4.86.